The van der Waals surface area contributed by atoms with Gasteiger partial charge in [0.05, 0.1) is 0 Å². The normalized spacial score (nSPS) is 29.1. The van der Waals surface area contributed by atoms with Crippen LogP contribution in [-0.2, 0) is 0 Å². The summed E-state index contributed by atoms with van der Waals surface area (Å²) in [4.78, 5) is 0. The zero-order valence-electron chi connectivity index (χ0n) is 11.5. The highest BCUT2D eigenvalue weighted by Gasteiger charge is 2.21. The Morgan fingerprint density at radius 1 is 1.12 bits per heavy atom. The number of nitrogens with one attached hydrogen (secondary N) is 1. The molecule has 1 nitrogen and oxygen atoms in total. The minimum Gasteiger partial charge on any atom is -0.311 e. The SMILES string of the molecule is CSCC(C)NC1CCCC(C(C)C)CC1. The van der Waals surface area contributed by atoms with Crippen LogP contribution in [-0.4, -0.2) is 24.1 Å². The highest BCUT2D eigenvalue weighted by Crippen LogP contribution is 2.28. The van der Waals surface area contributed by atoms with Gasteiger partial charge in [0.25, 0.3) is 0 Å². The molecule has 0 aromatic heterocycles. The fraction of sp³-hybridized carbons (Fsp3) is 1.00. The lowest BCUT2D eigenvalue weighted by Gasteiger charge is -2.22. The first-order valence-electron chi connectivity index (χ1n) is 6.88. The predicted molar refractivity (Wildman–Crippen MR) is 76.2 cm³/mol. The van der Waals surface area contributed by atoms with Crippen molar-refractivity contribution in [1.82, 2.24) is 5.32 Å². The van der Waals surface area contributed by atoms with Gasteiger partial charge in [-0.3, -0.25) is 0 Å². The van der Waals surface area contributed by atoms with Crippen LogP contribution in [0.15, 0.2) is 0 Å². The van der Waals surface area contributed by atoms with Crippen LogP contribution in [0.1, 0.15) is 52.9 Å². The van der Waals surface area contributed by atoms with Crippen LogP contribution in [0.4, 0.5) is 0 Å². The third kappa shape index (κ3) is 5.09. The van der Waals surface area contributed by atoms with E-state index in [4.69, 9.17) is 0 Å². The van der Waals surface area contributed by atoms with Gasteiger partial charge in [0.1, 0.15) is 0 Å². The lowest BCUT2D eigenvalue weighted by Crippen LogP contribution is -2.37. The van der Waals surface area contributed by atoms with Crippen LogP contribution in [0.25, 0.3) is 0 Å². The first kappa shape index (κ1) is 14.4. The van der Waals surface area contributed by atoms with Gasteiger partial charge >= 0.3 is 0 Å². The number of rotatable bonds is 5. The van der Waals surface area contributed by atoms with Gasteiger partial charge in [0, 0.05) is 17.8 Å². The van der Waals surface area contributed by atoms with E-state index in [0.717, 1.165) is 17.9 Å². The van der Waals surface area contributed by atoms with Crippen LogP contribution in [0.2, 0.25) is 0 Å². The van der Waals surface area contributed by atoms with Crippen molar-refractivity contribution in [2.75, 3.05) is 12.0 Å². The summed E-state index contributed by atoms with van der Waals surface area (Å²) in [6.45, 7) is 7.09. The Balaban J connectivity index is 2.29. The standard InChI is InChI=1S/C14H29NS/c1-11(2)13-6-5-7-14(9-8-13)15-12(3)10-16-4/h11-15H,5-10H2,1-4H3. The predicted octanol–water partition coefficient (Wildman–Crippen LogP) is 3.93. The first-order chi connectivity index (χ1) is 7.63. The molecule has 0 aliphatic heterocycles. The summed E-state index contributed by atoms with van der Waals surface area (Å²) in [5, 5.41) is 3.80. The Hall–Kier alpha value is 0.310. The van der Waals surface area contributed by atoms with Gasteiger partial charge in [-0.05, 0) is 44.3 Å². The molecule has 0 bridgehead atoms. The summed E-state index contributed by atoms with van der Waals surface area (Å²) in [5.41, 5.74) is 0. The molecule has 0 aromatic carbocycles. The fourth-order valence-corrected chi connectivity index (χ4v) is 3.46. The van der Waals surface area contributed by atoms with Gasteiger partial charge in [-0.15, -0.1) is 0 Å². The molecule has 1 rings (SSSR count). The molecule has 1 N–H and O–H groups in total. The highest BCUT2D eigenvalue weighted by molar-refractivity contribution is 7.98. The van der Waals surface area contributed by atoms with E-state index < -0.39 is 0 Å². The minimum absolute atomic E-state index is 0.676. The highest BCUT2D eigenvalue weighted by atomic mass is 32.2. The molecule has 0 radical (unpaired) electrons. The third-order valence-corrected chi connectivity index (χ3v) is 4.73. The van der Waals surface area contributed by atoms with Crippen molar-refractivity contribution >= 4 is 11.8 Å². The summed E-state index contributed by atoms with van der Waals surface area (Å²) in [5.74, 6) is 3.09. The van der Waals surface area contributed by atoms with E-state index >= 15 is 0 Å². The molecule has 0 aromatic rings. The van der Waals surface area contributed by atoms with Crippen molar-refractivity contribution in [3.63, 3.8) is 0 Å². The Labute approximate surface area is 106 Å². The Kier molecular flexibility index (Phi) is 6.83. The van der Waals surface area contributed by atoms with Crippen LogP contribution in [0.5, 0.6) is 0 Å². The maximum Gasteiger partial charge on any atom is 0.0132 e. The number of hydrogen-bond acceptors (Lipinski definition) is 2. The van der Waals surface area contributed by atoms with Crippen molar-refractivity contribution in [3.8, 4) is 0 Å². The molecule has 3 atom stereocenters. The molecule has 16 heavy (non-hydrogen) atoms. The van der Waals surface area contributed by atoms with E-state index in [-0.39, 0.29) is 0 Å². The summed E-state index contributed by atoms with van der Waals surface area (Å²) >= 11 is 1.95. The van der Waals surface area contributed by atoms with Crippen molar-refractivity contribution in [1.29, 1.82) is 0 Å². The molecule has 0 amide bonds. The van der Waals surface area contributed by atoms with Crippen LogP contribution in [0.3, 0.4) is 0 Å². The minimum atomic E-state index is 0.676. The topological polar surface area (TPSA) is 12.0 Å². The maximum atomic E-state index is 3.80. The molecule has 0 heterocycles. The summed E-state index contributed by atoms with van der Waals surface area (Å²) in [6.07, 6.45) is 9.28. The molecule has 1 saturated carbocycles. The van der Waals surface area contributed by atoms with E-state index in [1.807, 2.05) is 11.8 Å². The monoisotopic (exact) mass is 243 g/mol. The average Bonchev–Trinajstić information content (AvgIpc) is 2.43. The molecule has 0 saturated heterocycles. The summed E-state index contributed by atoms with van der Waals surface area (Å²) < 4.78 is 0. The molecule has 1 aliphatic carbocycles. The quantitative estimate of drug-likeness (QED) is 0.734. The molecule has 1 fully saturated rings. The van der Waals surface area contributed by atoms with Gasteiger partial charge in [-0.2, -0.15) is 11.8 Å². The van der Waals surface area contributed by atoms with Crippen molar-refractivity contribution < 1.29 is 0 Å². The van der Waals surface area contributed by atoms with Crippen LogP contribution < -0.4 is 5.32 Å². The largest absolute Gasteiger partial charge is 0.311 e. The Bertz CT molecular complexity index is 182. The second-order valence-corrected chi connectivity index (χ2v) is 6.64. The van der Waals surface area contributed by atoms with Crippen molar-refractivity contribution in [2.24, 2.45) is 11.8 Å². The molecule has 2 heteroatoms. The number of thioether (sulfide) groups is 1. The molecule has 1 aliphatic rings. The zero-order chi connectivity index (χ0) is 12.0. The van der Waals surface area contributed by atoms with Crippen LogP contribution >= 0.6 is 11.8 Å². The summed E-state index contributed by atoms with van der Waals surface area (Å²) in [6, 6.07) is 1.46. The third-order valence-electron chi connectivity index (χ3n) is 3.89. The van der Waals surface area contributed by atoms with Gasteiger partial charge in [-0.1, -0.05) is 26.7 Å². The van der Waals surface area contributed by atoms with Gasteiger partial charge in [-0.25, -0.2) is 0 Å². The molecule has 96 valence electrons. The lowest BCUT2D eigenvalue weighted by molar-refractivity contribution is 0.336. The molecule has 3 unspecified atom stereocenters. The molecule has 0 spiro atoms. The van der Waals surface area contributed by atoms with Gasteiger partial charge < -0.3 is 5.32 Å². The van der Waals surface area contributed by atoms with Crippen LogP contribution in [0, 0.1) is 11.8 Å². The zero-order valence-corrected chi connectivity index (χ0v) is 12.3. The molecular formula is C14H29NS. The Morgan fingerprint density at radius 2 is 1.88 bits per heavy atom. The lowest BCUT2D eigenvalue weighted by atomic mass is 9.89. The Morgan fingerprint density at radius 3 is 2.50 bits per heavy atom. The maximum absolute atomic E-state index is 3.80. The van der Waals surface area contributed by atoms with E-state index in [9.17, 15) is 0 Å². The van der Waals surface area contributed by atoms with Gasteiger partial charge in [0.15, 0.2) is 0 Å². The van der Waals surface area contributed by atoms with E-state index in [1.54, 1.807) is 0 Å². The van der Waals surface area contributed by atoms with Crippen molar-refractivity contribution in [2.45, 2.75) is 65.0 Å². The second-order valence-electron chi connectivity index (χ2n) is 5.73. The first-order valence-corrected chi connectivity index (χ1v) is 8.27. The van der Waals surface area contributed by atoms with E-state index in [2.05, 4.69) is 32.3 Å². The second kappa shape index (κ2) is 7.60. The number of hydrogen-bond donors (Lipinski definition) is 1. The summed E-state index contributed by atoms with van der Waals surface area (Å²) in [7, 11) is 0. The van der Waals surface area contributed by atoms with Crippen molar-refractivity contribution in [3.05, 3.63) is 0 Å². The van der Waals surface area contributed by atoms with E-state index in [1.165, 1.54) is 37.9 Å². The fourth-order valence-electron chi connectivity index (χ4n) is 2.86. The smallest absolute Gasteiger partial charge is 0.0132 e. The average molecular weight is 243 g/mol. The molecular weight excluding hydrogens is 214 g/mol. The van der Waals surface area contributed by atoms with Gasteiger partial charge in [0.2, 0.25) is 0 Å². The van der Waals surface area contributed by atoms with E-state index in [0.29, 0.717) is 6.04 Å².